The molecule has 99 valence electrons. The molecule has 0 rings (SSSR count). The zero-order valence-electron chi connectivity index (χ0n) is 9.49. The molecule has 0 spiro atoms. The van der Waals surface area contributed by atoms with E-state index in [2.05, 4.69) is 75.8 Å². The number of hydrogen-bond acceptors (Lipinski definition) is 12. The Morgan fingerprint density at radius 1 is 0.400 bits per heavy atom. The fraction of sp³-hybridized carbons (Fsp3) is 0. The van der Waals surface area contributed by atoms with Crippen molar-refractivity contribution in [1.82, 2.24) is 0 Å². The molecule has 0 amide bonds. The maximum Gasteiger partial charge on any atom is 6.00 e. The van der Waals surface area contributed by atoms with Crippen LogP contribution in [0, 0.1) is 64.0 Å². The van der Waals surface area contributed by atoms with Crippen LogP contribution in [0.25, 0.3) is 0 Å². The molecule has 0 unspecified atom stereocenters. The molecule has 1 radical (unpaired) electrons. The molecule has 0 aliphatic carbocycles. The first kappa shape index (κ1) is 49.9. The van der Waals surface area contributed by atoms with Gasteiger partial charge in [-0.15, -0.1) is 0 Å². The van der Waals surface area contributed by atoms with Crippen molar-refractivity contribution in [2.45, 2.75) is 0 Å². The smallest absolute Gasteiger partial charge is 0.696 e. The Morgan fingerprint density at radius 2 is 0.400 bits per heavy atom. The second-order valence-corrected chi connectivity index (χ2v) is 1.64. The molecular formula is C6KN6RuS6. The van der Waals surface area contributed by atoms with Crippen LogP contribution < -0.4 is 0 Å². The van der Waals surface area contributed by atoms with E-state index in [1.165, 1.54) is 32.4 Å². The summed E-state index contributed by atoms with van der Waals surface area (Å²) in [6.45, 7) is 0. The van der Waals surface area contributed by atoms with Crippen molar-refractivity contribution in [3.8, 4) is 32.4 Å². The van der Waals surface area contributed by atoms with Crippen molar-refractivity contribution in [1.29, 1.82) is 31.6 Å². The fourth-order valence-corrected chi connectivity index (χ4v) is 0. The number of hydrogen-bond donors (Lipinski definition) is 0. The van der Waals surface area contributed by atoms with Gasteiger partial charge in [0.1, 0.15) is 0 Å². The largest absolute Gasteiger partial charge is 6.00 e. The van der Waals surface area contributed by atoms with Gasteiger partial charge in [0.05, 0.1) is 0 Å². The summed E-state index contributed by atoms with van der Waals surface area (Å²) >= 11 is 22.2. The van der Waals surface area contributed by atoms with Gasteiger partial charge in [0.25, 0.3) is 0 Å². The second-order valence-electron chi connectivity index (χ2n) is 0.548. The molecular weight excluding hydrogens is 489 g/mol. The van der Waals surface area contributed by atoms with Gasteiger partial charge in [0, 0.05) is 51.4 Å². The zero-order valence-corrected chi connectivity index (χ0v) is 19.2. The minimum Gasteiger partial charge on any atom is -0.696 e. The van der Waals surface area contributed by atoms with Crippen LogP contribution in [-0.2, 0) is 95.3 Å². The van der Waals surface area contributed by atoms with Gasteiger partial charge in [-0.05, 0) is 0 Å². The first-order valence-electron chi connectivity index (χ1n) is 2.57. The van der Waals surface area contributed by atoms with E-state index in [0.29, 0.717) is 0 Å². The summed E-state index contributed by atoms with van der Waals surface area (Å²) in [5, 5.41) is 50.8. The molecule has 0 atom stereocenters. The molecule has 14 heteroatoms. The van der Waals surface area contributed by atoms with E-state index in [1.54, 1.807) is 0 Å². The summed E-state index contributed by atoms with van der Waals surface area (Å²) in [4.78, 5) is 0. The topological polar surface area (TPSA) is 143 Å². The predicted molar refractivity (Wildman–Crippen MR) is 83.6 cm³/mol. The molecule has 0 heterocycles. The Morgan fingerprint density at radius 3 is 0.400 bits per heavy atom. The summed E-state index contributed by atoms with van der Waals surface area (Å²) in [5.74, 6) is 0. The van der Waals surface area contributed by atoms with Crippen LogP contribution in [0.3, 0.4) is 0 Å². The number of rotatable bonds is 0. The molecule has 20 heavy (non-hydrogen) atoms. The minimum absolute atomic E-state index is 0. The maximum absolute atomic E-state index is 7.13. The first-order valence-corrected chi connectivity index (χ1v) is 5.02. The molecule has 0 saturated heterocycles. The number of nitriles is 6. The summed E-state index contributed by atoms with van der Waals surface area (Å²) in [6.07, 6.45) is 0. The Bertz CT molecular complexity index is 262. The van der Waals surface area contributed by atoms with E-state index >= 15 is 0 Å². The van der Waals surface area contributed by atoms with Gasteiger partial charge in [0.2, 0.25) is 0 Å². The quantitative estimate of drug-likeness (QED) is 0.251. The molecule has 0 N–H and O–H groups in total. The van der Waals surface area contributed by atoms with Crippen molar-refractivity contribution in [3.63, 3.8) is 0 Å². The Hall–Kier alpha value is 0.520. The van der Waals surface area contributed by atoms with E-state index in [9.17, 15) is 0 Å². The summed E-state index contributed by atoms with van der Waals surface area (Å²) < 4.78 is 0. The van der Waals surface area contributed by atoms with Gasteiger partial charge < -0.3 is 75.8 Å². The molecule has 0 saturated carbocycles. The monoisotopic (exact) mass is 489 g/mol. The van der Waals surface area contributed by atoms with Crippen molar-refractivity contribution in [2.24, 2.45) is 0 Å². The van der Waals surface area contributed by atoms with E-state index in [1.807, 2.05) is 0 Å². The van der Waals surface area contributed by atoms with Crippen LogP contribution in [0.1, 0.15) is 0 Å². The van der Waals surface area contributed by atoms with Crippen LogP contribution in [0.2, 0.25) is 0 Å². The number of nitrogens with zero attached hydrogens (tertiary/aromatic N) is 6. The molecule has 0 aliphatic heterocycles. The Balaban J connectivity index is -0.0000000141. The Labute approximate surface area is 207 Å². The van der Waals surface area contributed by atoms with Gasteiger partial charge in [-0.1, -0.05) is 32.4 Å². The summed E-state index contributed by atoms with van der Waals surface area (Å²) in [5.41, 5.74) is 0. The SMILES string of the molecule is N#C[S-].N#C[S-].N#C[S-].N#C[S-].N#C[S-].N#C[S-].[K].[Ru+6]. The average Bonchev–Trinajstić information content (AvgIpc) is 2.23. The van der Waals surface area contributed by atoms with Crippen molar-refractivity contribution in [3.05, 3.63) is 0 Å². The third-order valence-electron chi connectivity index (χ3n) is 0. The van der Waals surface area contributed by atoms with Crippen molar-refractivity contribution in [2.75, 3.05) is 0 Å². The minimum atomic E-state index is 0. The van der Waals surface area contributed by atoms with Gasteiger partial charge in [-0.3, -0.25) is 0 Å². The van der Waals surface area contributed by atoms with Gasteiger partial charge in [0.15, 0.2) is 0 Å². The zero-order chi connectivity index (χ0) is 16.2. The van der Waals surface area contributed by atoms with Crippen LogP contribution in [0.15, 0.2) is 0 Å². The van der Waals surface area contributed by atoms with Crippen LogP contribution >= 0.6 is 0 Å². The first-order chi connectivity index (χ1) is 8.49. The van der Waals surface area contributed by atoms with E-state index in [0.717, 1.165) is 0 Å². The predicted octanol–water partition coefficient (Wildman–Crippen LogP) is -0.297. The normalized spacial score (nSPS) is 2.10. The summed E-state index contributed by atoms with van der Waals surface area (Å²) in [7, 11) is 0. The van der Waals surface area contributed by atoms with E-state index in [4.69, 9.17) is 31.6 Å². The molecule has 0 aromatic rings. The van der Waals surface area contributed by atoms with E-state index in [-0.39, 0.29) is 70.9 Å². The summed E-state index contributed by atoms with van der Waals surface area (Å²) in [6, 6.07) is 0. The molecule has 0 aromatic heterocycles. The molecule has 0 fully saturated rings. The maximum atomic E-state index is 7.13. The van der Waals surface area contributed by atoms with Gasteiger partial charge >= 0.3 is 19.5 Å². The Kier molecular flexibility index (Phi) is 393. The molecule has 0 aliphatic rings. The average molecular weight is 489 g/mol. The molecule has 0 bridgehead atoms. The van der Waals surface area contributed by atoms with E-state index < -0.39 is 0 Å². The van der Waals surface area contributed by atoms with Crippen LogP contribution in [-0.4, -0.2) is 51.4 Å². The standard InChI is InChI=1S/6CHNS.K.Ru/c6*2-1-3;;/h6*3H;;/q;;;;;;;+6/p-6. The van der Waals surface area contributed by atoms with Gasteiger partial charge in [-0.2, -0.15) is 0 Å². The third kappa shape index (κ3) is 21000. The molecule has 0 aromatic carbocycles. The van der Waals surface area contributed by atoms with Crippen LogP contribution in [0.5, 0.6) is 0 Å². The third-order valence-corrected chi connectivity index (χ3v) is 0. The molecule has 6 nitrogen and oxygen atoms in total. The van der Waals surface area contributed by atoms with Gasteiger partial charge in [-0.25, -0.2) is 31.6 Å². The van der Waals surface area contributed by atoms with Crippen molar-refractivity contribution < 1.29 is 19.5 Å². The second kappa shape index (κ2) is 158. The van der Waals surface area contributed by atoms with Crippen LogP contribution in [0.4, 0.5) is 0 Å². The number of thiocyanates is 6. The fourth-order valence-electron chi connectivity index (χ4n) is 0. The van der Waals surface area contributed by atoms with Crippen molar-refractivity contribution >= 4 is 127 Å².